The van der Waals surface area contributed by atoms with E-state index in [1.165, 1.54) is 19.4 Å². The molecule has 4 aliphatic rings. The first-order valence-corrected chi connectivity index (χ1v) is 22.0. The summed E-state index contributed by atoms with van der Waals surface area (Å²) >= 11 is 0. The Bertz CT molecular complexity index is 1530. The number of allylic oxidation sites excluding steroid dienone is 5. The van der Waals surface area contributed by atoms with Crippen molar-refractivity contribution in [2.75, 3.05) is 19.8 Å². The smallest absolute Gasteiger partial charge is 0.187 e. The van der Waals surface area contributed by atoms with Crippen LogP contribution in [-0.4, -0.2) is 210 Å². The predicted octanol–water partition coefficient (Wildman–Crippen LogP) is -1.55. The van der Waals surface area contributed by atoms with Gasteiger partial charge in [-0.3, -0.25) is 0 Å². The lowest BCUT2D eigenvalue weighted by atomic mass is 9.95. The highest BCUT2D eigenvalue weighted by Gasteiger charge is 2.51. The lowest BCUT2D eigenvalue weighted by Gasteiger charge is -2.47. The van der Waals surface area contributed by atoms with Crippen molar-refractivity contribution in [3.63, 3.8) is 0 Å². The minimum absolute atomic E-state index is 0.0720. The molecule has 0 saturated carbocycles. The van der Waals surface area contributed by atoms with Crippen molar-refractivity contribution in [1.82, 2.24) is 0 Å². The molecule has 4 rings (SSSR count). The van der Waals surface area contributed by atoms with Crippen molar-refractivity contribution >= 4 is 0 Å². The summed E-state index contributed by atoms with van der Waals surface area (Å²) in [7, 11) is 0. The Morgan fingerprint density at radius 1 is 0.547 bits per heavy atom. The number of aliphatic hydroxyl groups excluding tert-OH is 12. The summed E-state index contributed by atoms with van der Waals surface area (Å²) in [6, 6.07) is 0. The molecular weight excluding hydrogens is 848 g/mol. The van der Waals surface area contributed by atoms with Crippen LogP contribution in [0.25, 0.3) is 0 Å². The number of ether oxygens (including phenoxy) is 8. The molecule has 0 aromatic heterocycles. The number of aliphatic hydroxyl groups is 12. The molecule has 12 N–H and O–H groups in total. The molecule has 1 unspecified atom stereocenters. The summed E-state index contributed by atoms with van der Waals surface area (Å²) in [5.74, 6) is 0. The predicted molar refractivity (Wildman–Crippen MR) is 225 cm³/mol. The molecule has 370 valence electrons. The van der Waals surface area contributed by atoms with Gasteiger partial charge in [0, 0.05) is 0 Å². The number of hydrogen-bond acceptors (Lipinski definition) is 20. The molecule has 0 aliphatic carbocycles. The Hall–Kier alpha value is -1.84. The van der Waals surface area contributed by atoms with E-state index in [-0.39, 0.29) is 13.2 Å². The first-order chi connectivity index (χ1) is 30.1. The molecule has 0 radical (unpaired) electrons. The second kappa shape index (κ2) is 25.0. The van der Waals surface area contributed by atoms with Crippen LogP contribution in [0.15, 0.2) is 47.6 Å². The SMILES string of the molecule is C=CC(C)(CC/C=C(\C)CC/C=C(\C)CC/C=C(/C)CO[C@@H]1O[C@H](CO[C@@H]2O[C@H](C)[C@@H](O)[C@H](O)[C@@H]2O)[C@@H](O)[C@H](O)[C@H]1O)O[C@@H]1O[C@H](CO)[C@@H](O[C@@H]2O[C@H](C)[C@@H](O)[C@H](O)[C@@H]2O)[C@H](O)[C@H]1O. The Balaban J connectivity index is 1.17. The fourth-order valence-corrected chi connectivity index (χ4v) is 7.78. The van der Waals surface area contributed by atoms with Gasteiger partial charge in [-0.1, -0.05) is 41.0 Å². The van der Waals surface area contributed by atoms with Gasteiger partial charge in [-0.15, -0.1) is 6.58 Å². The van der Waals surface area contributed by atoms with Crippen LogP contribution in [0.1, 0.15) is 80.1 Å². The van der Waals surface area contributed by atoms with Gasteiger partial charge in [-0.2, -0.15) is 0 Å². The van der Waals surface area contributed by atoms with E-state index in [9.17, 15) is 61.3 Å². The third kappa shape index (κ3) is 14.3. The highest BCUT2D eigenvalue weighted by atomic mass is 16.8. The number of rotatable bonds is 21. The maximum Gasteiger partial charge on any atom is 0.187 e. The molecule has 20 heteroatoms. The van der Waals surface area contributed by atoms with Crippen molar-refractivity contribution in [2.45, 2.75) is 208 Å². The van der Waals surface area contributed by atoms with Crippen LogP contribution in [0.2, 0.25) is 0 Å². The van der Waals surface area contributed by atoms with Gasteiger partial charge in [0.25, 0.3) is 0 Å². The zero-order chi connectivity index (χ0) is 47.6. The average molecular weight is 923 g/mol. The van der Waals surface area contributed by atoms with E-state index in [0.717, 1.165) is 36.8 Å². The average Bonchev–Trinajstić information content (AvgIpc) is 3.26. The van der Waals surface area contributed by atoms with Gasteiger partial charge in [0.1, 0.15) is 85.5 Å². The van der Waals surface area contributed by atoms with Gasteiger partial charge in [-0.25, -0.2) is 0 Å². The summed E-state index contributed by atoms with van der Waals surface area (Å²) in [4.78, 5) is 0. The summed E-state index contributed by atoms with van der Waals surface area (Å²) in [6.07, 6.45) is -16.0. The van der Waals surface area contributed by atoms with Crippen molar-refractivity contribution in [2.24, 2.45) is 0 Å². The first kappa shape index (κ1) is 54.8. The highest BCUT2D eigenvalue weighted by Crippen LogP contribution is 2.33. The van der Waals surface area contributed by atoms with Crippen LogP contribution in [0.4, 0.5) is 0 Å². The van der Waals surface area contributed by atoms with Crippen LogP contribution >= 0.6 is 0 Å². The second-order valence-corrected chi connectivity index (χ2v) is 17.7. The Morgan fingerprint density at radius 2 is 1.02 bits per heavy atom. The van der Waals surface area contributed by atoms with Gasteiger partial charge in [0.15, 0.2) is 25.2 Å². The molecule has 4 aliphatic heterocycles. The van der Waals surface area contributed by atoms with Crippen LogP contribution < -0.4 is 0 Å². The molecule has 0 aromatic rings. The summed E-state index contributed by atoms with van der Waals surface area (Å²) in [5, 5.41) is 124. The molecule has 20 nitrogen and oxygen atoms in total. The molecule has 0 amide bonds. The summed E-state index contributed by atoms with van der Waals surface area (Å²) in [5.41, 5.74) is 2.19. The normalized spacial score (nSPS) is 42.6. The van der Waals surface area contributed by atoms with Gasteiger partial charge >= 0.3 is 0 Å². The van der Waals surface area contributed by atoms with Crippen LogP contribution in [-0.2, 0) is 37.9 Å². The van der Waals surface area contributed by atoms with Crippen LogP contribution in [0, 0.1) is 0 Å². The van der Waals surface area contributed by atoms with E-state index in [0.29, 0.717) is 12.8 Å². The van der Waals surface area contributed by atoms with E-state index in [1.807, 2.05) is 26.8 Å². The zero-order valence-electron chi connectivity index (χ0n) is 37.6. The Morgan fingerprint density at radius 3 is 1.58 bits per heavy atom. The van der Waals surface area contributed by atoms with Crippen molar-refractivity contribution in [3.05, 3.63) is 47.6 Å². The lowest BCUT2D eigenvalue weighted by Crippen LogP contribution is -2.64. The molecule has 4 fully saturated rings. The number of hydrogen-bond donors (Lipinski definition) is 12. The monoisotopic (exact) mass is 922 g/mol. The fourth-order valence-electron chi connectivity index (χ4n) is 7.78. The van der Waals surface area contributed by atoms with Crippen molar-refractivity contribution < 1.29 is 99.2 Å². The standard InChI is InChI=1S/C44H74O20/c1-8-44(7,64-43-38(56)34(52)39(26(18-45)61-43)63-42-37(55)32(50)29(47)25(6)60-42)17-11-16-22(3)13-9-12-21(2)14-10-15-23(4)19-57-41-36(54)33(51)30(48)27(62-41)20-58-40-35(53)31(49)28(46)24(5)59-40/h8,12,15-16,24-43,45-56H,1,9-11,13-14,17-20H2,2-7H3/b21-12+,22-16+,23-15-/t24-,25-,26-,27-,28-,29-,30-,31+,32+,33+,34-,35+,36-,37+,38-,39-,40-,41-,42+,43+,44?/m1/s1. The van der Waals surface area contributed by atoms with E-state index in [2.05, 4.69) is 18.7 Å². The Labute approximate surface area is 374 Å². The van der Waals surface area contributed by atoms with Gasteiger partial charge in [0.05, 0.1) is 37.6 Å². The third-order valence-corrected chi connectivity index (χ3v) is 12.3. The Kier molecular flexibility index (Phi) is 21.4. The van der Waals surface area contributed by atoms with Crippen LogP contribution in [0.3, 0.4) is 0 Å². The van der Waals surface area contributed by atoms with Gasteiger partial charge in [0.2, 0.25) is 0 Å². The maximum atomic E-state index is 11.0. The van der Waals surface area contributed by atoms with E-state index in [4.69, 9.17) is 37.9 Å². The minimum Gasteiger partial charge on any atom is -0.394 e. The third-order valence-electron chi connectivity index (χ3n) is 12.3. The highest BCUT2D eigenvalue weighted by molar-refractivity contribution is 5.07. The first-order valence-electron chi connectivity index (χ1n) is 22.0. The van der Waals surface area contributed by atoms with Crippen LogP contribution in [0.5, 0.6) is 0 Å². The van der Waals surface area contributed by atoms with E-state index < -0.39 is 135 Å². The fraction of sp³-hybridized carbons (Fsp3) is 0.818. The minimum atomic E-state index is -1.67. The van der Waals surface area contributed by atoms with Gasteiger partial charge < -0.3 is 99.2 Å². The topological polar surface area (TPSA) is 317 Å². The molecular formula is C44H74O20. The van der Waals surface area contributed by atoms with E-state index >= 15 is 0 Å². The zero-order valence-corrected chi connectivity index (χ0v) is 37.6. The molecule has 64 heavy (non-hydrogen) atoms. The largest absolute Gasteiger partial charge is 0.394 e. The molecule has 0 aromatic carbocycles. The van der Waals surface area contributed by atoms with Gasteiger partial charge in [-0.05, 0) is 80.1 Å². The molecule has 0 spiro atoms. The van der Waals surface area contributed by atoms with Crippen molar-refractivity contribution in [1.29, 1.82) is 0 Å². The summed E-state index contributed by atoms with van der Waals surface area (Å²) in [6.45, 7) is 13.6. The molecule has 4 saturated heterocycles. The summed E-state index contributed by atoms with van der Waals surface area (Å²) < 4.78 is 45.4. The molecule has 0 bridgehead atoms. The maximum absolute atomic E-state index is 11.0. The molecule has 21 atom stereocenters. The second-order valence-electron chi connectivity index (χ2n) is 17.7. The van der Waals surface area contributed by atoms with E-state index in [1.54, 1.807) is 13.0 Å². The molecule has 4 heterocycles. The quantitative estimate of drug-likeness (QED) is 0.0580. The van der Waals surface area contributed by atoms with Crippen molar-refractivity contribution in [3.8, 4) is 0 Å². The lowest BCUT2D eigenvalue weighted by molar-refractivity contribution is -0.363.